The summed E-state index contributed by atoms with van der Waals surface area (Å²) in [7, 11) is 1.60. The highest BCUT2D eigenvalue weighted by Gasteiger charge is 2.22. The van der Waals surface area contributed by atoms with Crippen LogP contribution in [0.4, 0.5) is 4.39 Å². The summed E-state index contributed by atoms with van der Waals surface area (Å²) in [5.74, 6) is -0.0322. The Morgan fingerprint density at radius 2 is 1.88 bits per heavy atom. The summed E-state index contributed by atoms with van der Waals surface area (Å²) < 4.78 is 29.7. The van der Waals surface area contributed by atoms with Gasteiger partial charge in [-0.15, -0.1) is 0 Å². The third-order valence-electron chi connectivity index (χ3n) is 4.80. The number of aromatic nitrogens is 2. The van der Waals surface area contributed by atoms with Gasteiger partial charge in [0.05, 0.1) is 0 Å². The van der Waals surface area contributed by atoms with Crippen molar-refractivity contribution in [1.82, 2.24) is 10.1 Å². The lowest BCUT2D eigenvalue weighted by atomic mass is 9.94. The molecule has 0 spiro atoms. The molecule has 1 unspecified atom stereocenters. The number of nitrogens with zero attached hydrogens (tertiary/aromatic N) is 2. The van der Waals surface area contributed by atoms with Gasteiger partial charge in [-0.1, -0.05) is 43.5 Å². The maximum absolute atomic E-state index is 13.6. The Bertz CT molecular complexity index is 1100. The van der Waals surface area contributed by atoms with Gasteiger partial charge in [0, 0.05) is 17.0 Å². The van der Waals surface area contributed by atoms with Crippen molar-refractivity contribution in [3.63, 3.8) is 0 Å². The van der Waals surface area contributed by atoms with Crippen molar-refractivity contribution in [2.24, 2.45) is 0 Å². The van der Waals surface area contributed by atoms with Crippen LogP contribution >= 0.6 is 0 Å². The number of carbonyl (C=O) groups is 2. The molecule has 0 radical (unpaired) electrons. The van der Waals surface area contributed by atoms with E-state index in [0.29, 0.717) is 29.3 Å². The first kappa shape index (κ1) is 23.2. The molecule has 0 fully saturated rings. The highest BCUT2D eigenvalue weighted by atomic mass is 19.1. The van der Waals surface area contributed by atoms with Crippen LogP contribution in [0.1, 0.15) is 49.4 Å². The van der Waals surface area contributed by atoms with Gasteiger partial charge in [-0.2, -0.15) is 4.98 Å². The van der Waals surface area contributed by atoms with E-state index in [9.17, 15) is 14.0 Å². The molecule has 3 aromatic rings. The first-order valence-corrected chi connectivity index (χ1v) is 10.3. The Morgan fingerprint density at radius 3 is 2.47 bits per heavy atom. The Hall–Kier alpha value is -3.49. The number of ether oxygens (including phenoxy) is 2. The molecular weight excluding hydrogens is 414 g/mol. The zero-order valence-electron chi connectivity index (χ0n) is 18.4. The largest absolute Gasteiger partial charge is 0.479 e. The van der Waals surface area contributed by atoms with Gasteiger partial charge in [-0.25, -0.2) is 9.18 Å². The fraction of sp³-hybridized carbons (Fsp3) is 0.304. The van der Waals surface area contributed by atoms with Gasteiger partial charge in [0.25, 0.3) is 0 Å². The van der Waals surface area contributed by atoms with Crippen molar-refractivity contribution < 1.29 is 28.0 Å². The van der Waals surface area contributed by atoms with E-state index in [1.54, 1.807) is 39.0 Å². The van der Waals surface area contributed by atoms with Crippen LogP contribution in [-0.2, 0) is 9.53 Å². The Morgan fingerprint density at radius 1 is 1.16 bits per heavy atom. The quantitative estimate of drug-likeness (QED) is 0.288. The molecule has 0 amide bonds. The summed E-state index contributed by atoms with van der Waals surface area (Å²) in [6, 6.07) is 11.0. The highest BCUT2D eigenvalue weighted by Crippen LogP contribution is 2.23. The lowest BCUT2D eigenvalue weighted by Crippen LogP contribution is -2.30. The van der Waals surface area contributed by atoms with Gasteiger partial charge in [-0.3, -0.25) is 4.79 Å². The van der Waals surface area contributed by atoms with Gasteiger partial charge in [0.1, 0.15) is 19.4 Å². The molecule has 1 aromatic heterocycles. The zero-order chi connectivity index (χ0) is 23.3. The average Bonchev–Trinajstić information content (AvgIpc) is 3.28. The van der Waals surface area contributed by atoms with E-state index in [2.05, 4.69) is 10.1 Å². The summed E-state index contributed by atoms with van der Waals surface area (Å²) in [6.45, 7) is 5.20. The molecule has 166 valence electrons. The summed E-state index contributed by atoms with van der Waals surface area (Å²) in [5, 5.41) is 3.96. The molecule has 0 aliphatic heterocycles. The number of rotatable bonds is 9. The molecule has 0 saturated heterocycles. The number of esters is 1. The summed E-state index contributed by atoms with van der Waals surface area (Å²) >= 11 is 0. The van der Waals surface area contributed by atoms with E-state index in [0.717, 1.165) is 11.6 Å². The highest BCUT2D eigenvalue weighted by molar-refractivity contribution is 6.32. The average molecular weight is 438 g/mol. The second-order valence-electron chi connectivity index (χ2n) is 7.64. The number of hydrogen-bond donors (Lipinski definition) is 0. The first-order chi connectivity index (χ1) is 15.3. The molecule has 1 heterocycles. The lowest BCUT2D eigenvalue weighted by Gasteiger charge is -2.16. The smallest absolute Gasteiger partial charge is 0.347 e. The van der Waals surface area contributed by atoms with Crippen LogP contribution in [0.3, 0.4) is 0 Å². The molecule has 0 bridgehead atoms. The van der Waals surface area contributed by atoms with Gasteiger partial charge in [0.15, 0.2) is 18.5 Å². The van der Waals surface area contributed by atoms with Gasteiger partial charge < -0.3 is 14.0 Å². The van der Waals surface area contributed by atoms with Crippen molar-refractivity contribution in [2.75, 3.05) is 6.61 Å². The molecule has 0 aliphatic carbocycles. The van der Waals surface area contributed by atoms with Gasteiger partial charge in [0.2, 0.25) is 11.7 Å². The molecule has 9 heteroatoms. The maximum Gasteiger partial charge on any atom is 0.347 e. The minimum atomic E-state index is -0.888. The van der Waals surface area contributed by atoms with Crippen LogP contribution in [-0.4, -0.2) is 42.5 Å². The third-order valence-corrected chi connectivity index (χ3v) is 4.80. The molecule has 0 saturated carbocycles. The molecule has 0 N–H and O–H groups in total. The van der Waals surface area contributed by atoms with Crippen molar-refractivity contribution >= 4 is 25.1 Å². The van der Waals surface area contributed by atoms with E-state index in [1.807, 2.05) is 13.8 Å². The molecule has 2 aromatic carbocycles. The standard InChI is InChI=1S/C23H24BFN2O5/c1-4-20(23(29)30-12-19(28)15-7-10-17(24)18(25)11-15)31-16-8-5-14(6-9-16)21-26-22(13(2)3)32-27-21/h5-11,13,20H,4,12,24H2,1-3H3. The van der Waals surface area contributed by atoms with Gasteiger partial charge in [-0.05, 0) is 36.8 Å². The molecule has 7 nitrogen and oxygen atoms in total. The van der Waals surface area contributed by atoms with Crippen LogP contribution in [0.15, 0.2) is 47.0 Å². The Labute approximate surface area is 186 Å². The van der Waals surface area contributed by atoms with Crippen molar-refractivity contribution in [3.05, 3.63) is 59.7 Å². The van der Waals surface area contributed by atoms with Crippen molar-refractivity contribution in [3.8, 4) is 17.1 Å². The number of hydrogen-bond acceptors (Lipinski definition) is 7. The Kier molecular flexibility index (Phi) is 7.40. The topological polar surface area (TPSA) is 91.5 Å². The molecule has 32 heavy (non-hydrogen) atoms. The van der Waals surface area contributed by atoms with E-state index in [4.69, 9.17) is 14.0 Å². The maximum atomic E-state index is 13.6. The second kappa shape index (κ2) is 10.2. The van der Waals surface area contributed by atoms with Crippen molar-refractivity contribution in [2.45, 2.75) is 39.2 Å². The lowest BCUT2D eigenvalue weighted by molar-refractivity contribution is -0.150. The van der Waals surface area contributed by atoms with Crippen LogP contribution < -0.4 is 10.2 Å². The normalized spacial score (nSPS) is 11.9. The number of Topliss-reactive ketones (excluding diaryl/α,β-unsaturated/α-hetero) is 1. The van der Waals surface area contributed by atoms with E-state index in [1.165, 1.54) is 12.1 Å². The minimum Gasteiger partial charge on any atom is -0.479 e. The molecule has 0 aliphatic rings. The predicted molar refractivity (Wildman–Crippen MR) is 118 cm³/mol. The molecular formula is C23H24BFN2O5. The van der Waals surface area contributed by atoms with Crippen LogP contribution in [0, 0.1) is 5.82 Å². The third kappa shape index (κ3) is 5.60. The number of halogens is 1. The fourth-order valence-electron chi connectivity index (χ4n) is 2.81. The number of carbonyl (C=O) groups excluding carboxylic acids is 2. The zero-order valence-corrected chi connectivity index (χ0v) is 18.4. The molecule has 1 atom stereocenters. The first-order valence-electron chi connectivity index (χ1n) is 10.3. The summed E-state index contributed by atoms with van der Waals surface area (Å²) in [6.07, 6.45) is -0.544. The van der Waals surface area contributed by atoms with Crippen LogP contribution in [0.25, 0.3) is 11.4 Å². The SMILES string of the molecule is Bc1ccc(C(=O)COC(=O)C(CC)Oc2ccc(-c3noc(C(C)C)n3)cc2)cc1F. The van der Waals surface area contributed by atoms with E-state index >= 15 is 0 Å². The number of ketones is 1. The van der Waals surface area contributed by atoms with E-state index in [-0.39, 0.29) is 11.5 Å². The summed E-state index contributed by atoms with van der Waals surface area (Å²) in [4.78, 5) is 28.9. The second-order valence-corrected chi connectivity index (χ2v) is 7.64. The van der Waals surface area contributed by atoms with E-state index < -0.39 is 30.3 Å². The predicted octanol–water partition coefficient (Wildman–Crippen LogP) is 2.84. The van der Waals surface area contributed by atoms with Gasteiger partial charge >= 0.3 is 5.97 Å². The van der Waals surface area contributed by atoms with Crippen LogP contribution in [0.2, 0.25) is 0 Å². The fourth-order valence-corrected chi connectivity index (χ4v) is 2.81. The Balaban J connectivity index is 1.58. The minimum absolute atomic E-state index is 0.132. The molecule has 3 rings (SSSR count). The summed E-state index contributed by atoms with van der Waals surface area (Å²) in [5.41, 5.74) is 1.33. The monoisotopic (exact) mass is 438 g/mol. The van der Waals surface area contributed by atoms with Crippen molar-refractivity contribution in [1.29, 1.82) is 0 Å². The number of benzene rings is 2. The van der Waals surface area contributed by atoms with Crippen LogP contribution in [0.5, 0.6) is 5.75 Å².